The summed E-state index contributed by atoms with van der Waals surface area (Å²) >= 11 is 1.68. The second-order valence-corrected chi connectivity index (χ2v) is 7.11. The summed E-state index contributed by atoms with van der Waals surface area (Å²) in [5, 5.41) is 0. The number of aromatic nitrogens is 2. The summed E-state index contributed by atoms with van der Waals surface area (Å²) in [5.41, 5.74) is 10.3. The van der Waals surface area contributed by atoms with Gasteiger partial charge >= 0.3 is 0 Å². The first-order valence-electron chi connectivity index (χ1n) is 8.79. The molecule has 0 bridgehead atoms. The Bertz CT molecular complexity index is 1000. The average molecular weight is 363 g/mol. The molecule has 2 aromatic heterocycles. The van der Waals surface area contributed by atoms with Gasteiger partial charge in [0.25, 0.3) is 0 Å². The third-order valence-corrected chi connectivity index (χ3v) is 5.31. The lowest BCUT2D eigenvalue weighted by molar-refractivity contribution is 0.317. The van der Waals surface area contributed by atoms with E-state index in [-0.39, 0.29) is 0 Å². The molecule has 0 saturated carbocycles. The maximum absolute atomic E-state index is 6.06. The van der Waals surface area contributed by atoms with Gasteiger partial charge in [0.05, 0.1) is 22.9 Å². The van der Waals surface area contributed by atoms with Crippen molar-refractivity contribution in [3.8, 4) is 27.4 Å². The molecular weight excluding hydrogens is 342 g/mol. The van der Waals surface area contributed by atoms with E-state index in [9.17, 15) is 0 Å². The minimum Gasteiger partial charge on any atom is -0.494 e. The molecule has 2 heterocycles. The van der Waals surface area contributed by atoms with Gasteiger partial charge in [0.2, 0.25) is 0 Å². The Labute approximate surface area is 156 Å². The Kier molecular flexibility index (Phi) is 4.73. The zero-order chi connectivity index (χ0) is 17.9. The van der Waals surface area contributed by atoms with E-state index in [2.05, 4.69) is 53.9 Å². The minimum atomic E-state index is 0.440. The lowest BCUT2D eigenvalue weighted by Gasteiger charge is -2.06. The molecule has 0 atom stereocenters. The number of rotatable bonds is 6. The van der Waals surface area contributed by atoms with Crippen LogP contribution in [0.25, 0.3) is 26.7 Å². The molecule has 4 nitrogen and oxygen atoms in total. The molecule has 0 aliphatic carbocycles. The van der Waals surface area contributed by atoms with Crippen molar-refractivity contribution in [1.29, 1.82) is 0 Å². The normalized spacial score (nSPS) is 11.2. The lowest BCUT2D eigenvalue weighted by Crippen LogP contribution is -2.01. The average Bonchev–Trinajstić information content (AvgIpc) is 3.25. The van der Waals surface area contributed by atoms with E-state index >= 15 is 0 Å². The molecule has 0 unspecified atom stereocenters. The maximum atomic E-state index is 6.06. The molecule has 0 aliphatic heterocycles. The fourth-order valence-electron chi connectivity index (χ4n) is 2.98. The zero-order valence-electron chi connectivity index (χ0n) is 14.7. The molecule has 0 radical (unpaired) electrons. The van der Waals surface area contributed by atoms with Gasteiger partial charge in [-0.2, -0.15) is 0 Å². The van der Waals surface area contributed by atoms with E-state index in [0.717, 1.165) is 40.7 Å². The molecule has 132 valence electrons. The van der Waals surface area contributed by atoms with Gasteiger partial charge in [0.15, 0.2) is 4.96 Å². The number of nitrogens with two attached hydrogens (primary N) is 1. The molecule has 2 aromatic carbocycles. The highest BCUT2D eigenvalue weighted by Crippen LogP contribution is 2.33. The summed E-state index contributed by atoms with van der Waals surface area (Å²) < 4.78 is 7.78. The monoisotopic (exact) mass is 363 g/mol. The Morgan fingerprint density at radius 3 is 2.50 bits per heavy atom. The summed E-state index contributed by atoms with van der Waals surface area (Å²) in [7, 11) is 0. The number of thiazole rings is 1. The summed E-state index contributed by atoms with van der Waals surface area (Å²) in [6.07, 6.45) is 3.13. The largest absolute Gasteiger partial charge is 0.494 e. The molecule has 0 aliphatic rings. The van der Waals surface area contributed by atoms with Gasteiger partial charge in [-0.1, -0.05) is 48.6 Å². The van der Waals surface area contributed by atoms with Crippen LogP contribution in [0.3, 0.4) is 0 Å². The summed E-state index contributed by atoms with van der Waals surface area (Å²) in [4.78, 5) is 7.01. The van der Waals surface area contributed by atoms with Gasteiger partial charge in [-0.25, -0.2) is 4.98 Å². The van der Waals surface area contributed by atoms with Crippen molar-refractivity contribution in [3.63, 3.8) is 0 Å². The van der Waals surface area contributed by atoms with Gasteiger partial charge in [-0.15, -0.1) is 0 Å². The molecule has 2 N–H and O–H groups in total. The number of nitrogens with zero attached hydrogens (tertiary/aromatic N) is 2. The Balaban J connectivity index is 1.71. The van der Waals surface area contributed by atoms with Gasteiger partial charge in [-0.05, 0) is 36.2 Å². The van der Waals surface area contributed by atoms with Crippen LogP contribution in [0.5, 0.6) is 5.75 Å². The minimum absolute atomic E-state index is 0.440. The van der Waals surface area contributed by atoms with Crippen LogP contribution in [-0.2, 0) is 6.54 Å². The molecule has 4 aromatic rings. The predicted molar refractivity (Wildman–Crippen MR) is 108 cm³/mol. The van der Waals surface area contributed by atoms with Gasteiger partial charge in [0.1, 0.15) is 5.75 Å². The van der Waals surface area contributed by atoms with E-state index in [1.54, 1.807) is 11.3 Å². The number of ether oxygens (including phenoxy) is 1. The van der Waals surface area contributed by atoms with Crippen molar-refractivity contribution in [1.82, 2.24) is 9.38 Å². The van der Waals surface area contributed by atoms with E-state index in [0.29, 0.717) is 6.54 Å². The molecule has 4 rings (SSSR count). The van der Waals surface area contributed by atoms with Crippen molar-refractivity contribution in [2.24, 2.45) is 5.73 Å². The van der Waals surface area contributed by atoms with Crippen molar-refractivity contribution in [3.05, 3.63) is 66.5 Å². The summed E-state index contributed by atoms with van der Waals surface area (Å²) in [5.74, 6) is 0.886. The van der Waals surface area contributed by atoms with Crippen LogP contribution >= 0.6 is 11.3 Å². The third kappa shape index (κ3) is 3.11. The highest BCUT2D eigenvalue weighted by molar-refractivity contribution is 7.20. The summed E-state index contributed by atoms with van der Waals surface area (Å²) in [6.45, 7) is 3.27. The van der Waals surface area contributed by atoms with Crippen molar-refractivity contribution in [2.75, 3.05) is 6.61 Å². The topological polar surface area (TPSA) is 52.5 Å². The highest BCUT2D eigenvalue weighted by Gasteiger charge is 2.16. The Hall–Kier alpha value is -2.63. The van der Waals surface area contributed by atoms with Gasteiger partial charge in [-0.3, -0.25) is 4.40 Å². The van der Waals surface area contributed by atoms with Crippen LogP contribution in [0.15, 0.2) is 60.8 Å². The quantitative estimate of drug-likeness (QED) is 0.526. The van der Waals surface area contributed by atoms with Gasteiger partial charge in [0, 0.05) is 18.3 Å². The van der Waals surface area contributed by atoms with Crippen LogP contribution in [0.1, 0.15) is 19.0 Å². The SMILES string of the molecule is CCCOc1ccc(-c2nc3sc(-c4ccccc4)cn3c2CN)cc1. The fraction of sp³-hybridized carbons (Fsp3) is 0.190. The number of benzene rings is 2. The van der Waals surface area contributed by atoms with Crippen LogP contribution < -0.4 is 10.5 Å². The predicted octanol–water partition coefficient (Wildman–Crippen LogP) is 4.98. The third-order valence-electron chi connectivity index (χ3n) is 4.28. The number of hydrogen-bond acceptors (Lipinski definition) is 4. The first kappa shape index (κ1) is 16.8. The number of hydrogen-bond donors (Lipinski definition) is 1. The molecular formula is C21H21N3OS. The zero-order valence-corrected chi connectivity index (χ0v) is 15.5. The van der Waals surface area contributed by atoms with Crippen molar-refractivity contribution in [2.45, 2.75) is 19.9 Å². The van der Waals surface area contributed by atoms with Crippen LogP contribution in [0, 0.1) is 0 Å². The second kappa shape index (κ2) is 7.32. The van der Waals surface area contributed by atoms with Gasteiger partial charge < -0.3 is 10.5 Å². The smallest absolute Gasteiger partial charge is 0.195 e. The fourth-order valence-corrected chi connectivity index (χ4v) is 3.99. The number of imidazole rings is 1. The Morgan fingerprint density at radius 1 is 1.04 bits per heavy atom. The summed E-state index contributed by atoms with van der Waals surface area (Å²) in [6, 6.07) is 18.4. The molecule has 0 spiro atoms. The molecule has 0 saturated heterocycles. The van der Waals surface area contributed by atoms with E-state index in [1.807, 2.05) is 18.2 Å². The van der Waals surface area contributed by atoms with E-state index < -0.39 is 0 Å². The standard InChI is InChI=1S/C21H21N3OS/c1-2-12-25-17-10-8-16(9-11-17)20-18(13-22)24-14-19(26-21(24)23-20)15-6-4-3-5-7-15/h3-11,14H,2,12-13,22H2,1H3. The maximum Gasteiger partial charge on any atom is 0.195 e. The van der Waals surface area contributed by atoms with Crippen LogP contribution in [-0.4, -0.2) is 16.0 Å². The first-order valence-corrected chi connectivity index (χ1v) is 9.61. The van der Waals surface area contributed by atoms with E-state index in [4.69, 9.17) is 15.5 Å². The second-order valence-electron chi connectivity index (χ2n) is 6.10. The molecule has 0 amide bonds. The molecule has 5 heteroatoms. The Morgan fingerprint density at radius 2 is 1.81 bits per heavy atom. The van der Waals surface area contributed by atoms with Crippen LogP contribution in [0.2, 0.25) is 0 Å². The van der Waals surface area contributed by atoms with Crippen molar-refractivity contribution >= 4 is 16.3 Å². The van der Waals surface area contributed by atoms with E-state index in [1.165, 1.54) is 10.4 Å². The highest BCUT2D eigenvalue weighted by atomic mass is 32.1. The van der Waals surface area contributed by atoms with Crippen LogP contribution in [0.4, 0.5) is 0 Å². The first-order chi connectivity index (χ1) is 12.8. The van der Waals surface area contributed by atoms with Crippen molar-refractivity contribution < 1.29 is 4.74 Å². The molecule has 26 heavy (non-hydrogen) atoms. The number of fused-ring (bicyclic) bond motifs is 1. The lowest BCUT2D eigenvalue weighted by atomic mass is 10.1. The molecule has 0 fully saturated rings.